The fourth-order valence-corrected chi connectivity index (χ4v) is 5.48. The second-order valence-corrected chi connectivity index (χ2v) is 9.99. The molecule has 4 heteroatoms. The van der Waals surface area contributed by atoms with Crippen molar-refractivity contribution in [2.45, 2.75) is 71.1 Å². The summed E-state index contributed by atoms with van der Waals surface area (Å²) < 4.78 is 0. The van der Waals surface area contributed by atoms with Crippen molar-refractivity contribution in [2.75, 3.05) is 13.1 Å². The molecule has 1 aromatic carbocycles. The Morgan fingerprint density at radius 2 is 1.73 bits per heavy atom. The van der Waals surface area contributed by atoms with Crippen LogP contribution in [-0.2, 0) is 17.3 Å². The molecular weight excluding hydrogens is 404 g/mol. The Morgan fingerprint density at radius 3 is 2.35 bits per heavy atom. The molecule has 2 heterocycles. The van der Waals surface area contributed by atoms with E-state index in [1.165, 1.54) is 40.5 Å². The van der Waals surface area contributed by atoms with Gasteiger partial charge in [0.25, 0.3) is 0 Å². The third-order valence-corrected chi connectivity index (χ3v) is 7.34. The summed E-state index contributed by atoms with van der Waals surface area (Å²) >= 11 is 1.86. The van der Waals surface area contributed by atoms with E-state index in [4.69, 9.17) is 4.99 Å². The molecule has 0 radical (unpaired) electrons. The maximum Gasteiger partial charge on any atom is 0.168 e. The molecule has 1 aliphatic carbocycles. The number of amidine groups is 1. The zero-order valence-corrected chi connectivity index (χ0v) is 19.2. The average Bonchev–Trinajstić information content (AvgIpc) is 3.02. The lowest BCUT2D eigenvalue weighted by Crippen LogP contribution is -2.34. The van der Waals surface area contributed by atoms with E-state index in [2.05, 4.69) is 57.9 Å². The van der Waals surface area contributed by atoms with Gasteiger partial charge in [-0.2, -0.15) is 0 Å². The van der Waals surface area contributed by atoms with Crippen LogP contribution in [-0.4, -0.2) is 23.2 Å². The molecular formula is C22H31BrN2S. The molecule has 0 N–H and O–H groups in total. The number of benzene rings is 1. The van der Waals surface area contributed by atoms with Crippen molar-refractivity contribution in [3.63, 3.8) is 0 Å². The molecule has 0 saturated heterocycles. The Morgan fingerprint density at radius 1 is 1.08 bits per heavy atom. The van der Waals surface area contributed by atoms with Crippen molar-refractivity contribution in [1.29, 1.82) is 0 Å². The monoisotopic (exact) mass is 434 g/mol. The molecule has 0 unspecified atom stereocenters. The lowest BCUT2D eigenvalue weighted by atomic mass is 9.62. The first-order chi connectivity index (χ1) is 11.8. The standard InChI is InChI=1S/C22H30N2S.BrH/c1-6-15-12-17-18(22(4,5)9-8-21(17,2)3)13-16(15)19-14-24-11-7-10-23-20(24)25-19;/h12-14H,6-11H2,1-5H3;1H. The minimum absolute atomic E-state index is 0. The number of aryl methyl sites for hydroxylation is 1. The number of hydrogen-bond donors (Lipinski definition) is 0. The third-order valence-electron chi connectivity index (χ3n) is 6.25. The summed E-state index contributed by atoms with van der Waals surface area (Å²) in [5.41, 5.74) is 6.61. The van der Waals surface area contributed by atoms with Crippen LogP contribution in [0, 0.1) is 0 Å². The molecule has 0 fully saturated rings. The molecule has 0 spiro atoms. The summed E-state index contributed by atoms with van der Waals surface area (Å²) in [5, 5.41) is 1.20. The molecule has 0 bridgehead atoms. The van der Waals surface area contributed by atoms with Crippen molar-refractivity contribution in [3.8, 4) is 0 Å². The third kappa shape index (κ3) is 3.28. The molecule has 2 aliphatic heterocycles. The molecule has 0 amide bonds. The first kappa shape index (κ1) is 20.0. The van der Waals surface area contributed by atoms with Crippen molar-refractivity contribution in [2.24, 2.45) is 4.99 Å². The highest BCUT2D eigenvalue weighted by atomic mass is 79.9. The molecule has 1 aromatic rings. The van der Waals surface area contributed by atoms with Crippen LogP contribution < -0.4 is 0 Å². The summed E-state index contributed by atoms with van der Waals surface area (Å²) in [7, 11) is 0. The quantitative estimate of drug-likeness (QED) is 0.543. The van der Waals surface area contributed by atoms with Crippen molar-refractivity contribution < 1.29 is 0 Å². The van der Waals surface area contributed by atoms with Crippen LogP contribution in [0.3, 0.4) is 0 Å². The SMILES string of the molecule is Br.CCc1cc2c(cc1C1=CN3CCCN=C3S1)C(C)(C)CCC2(C)C. The fourth-order valence-electron chi connectivity index (χ4n) is 4.38. The van der Waals surface area contributed by atoms with E-state index in [-0.39, 0.29) is 27.8 Å². The smallest absolute Gasteiger partial charge is 0.168 e. The highest BCUT2D eigenvalue weighted by Crippen LogP contribution is 2.49. The van der Waals surface area contributed by atoms with Crippen LogP contribution >= 0.6 is 28.7 Å². The minimum atomic E-state index is 0. The predicted octanol–water partition coefficient (Wildman–Crippen LogP) is 6.28. The van der Waals surface area contributed by atoms with Gasteiger partial charge in [-0.05, 0) is 76.6 Å². The topological polar surface area (TPSA) is 15.6 Å². The first-order valence-electron chi connectivity index (χ1n) is 9.71. The molecule has 26 heavy (non-hydrogen) atoms. The van der Waals surface area contributed by atoms with Gasteiger partial charge in [0.15, 0.2) is 5.17 Å². The summed E-state index contributed by atoms with van der Waals surface area (Å²) in [6.07, 6.45) is 7.13. The van der Waals surface area contributed by atoms with Crippen LogP contribution in [0.2, 0.25) is 0 Å². The Kier molecular flexibility index (Phi) is 5.40. The van der Waals surface area contributed by atoms with Gasteiger partial charge >= 0.3 is 0 Å². The minimum Gasteiger partial charge on any atom is -0.326 e. The van der Waals surface area contributed by atoms with Crippen molar-refractivity contribution in [3.05, 3.63) is 40.6 Å². The van der Waals surface area contributed by atoms with Crippen LogP contribution in [0.5, 0.6) is 0 Å². The largest absolute Gasteiger partial charge is 0.326 e. The lowest BCUT2D eigenvalue weighted by molar-refractivity contribution is 0.331. The van der Waals surface area contributed by atoms with E-state index >= 15 is 0 Å². The maximum absolute atomic E-state index is 4.72. The molecule has 0 atom stereocenters. The molecule has 142 valence electrons. The highest BCUT2D eigenvalue weighted by molar-refractivity contribution is 8.93. The molecule has 2 nitrogen and oxygen atoms in total. The average molecular weight is 435 g/mol. The zero-order valence-electron chi connectivity index (χ0n) is 16.7. The Balaban J connectivity index is 0.00000196. The van der Waals surface area contributed by atoms with Gasteiger partial charge in [-0.3, -0.25) is 4.99 Å². The van der Waals surface area contributed by atoms with Crippen LogP contribution in [0.1, 0.15) is 76.1 Å². The summed E-state index contributed by atoms with van der Waals surface area (Å²) in [6, 6.07) is 5.04. The second-order valence-electron chi connectivity index (χ2n) is 8.98. The molecule has 4 rings (SSSR count). The van der Waals surface area contributed by atoms with Gasteiger partial charge in [0.1, 0.15) is 0 Å². The fraction of sp³-hybridized carbons (Fsp3) is 0.591. The second kappa shape index (κ2) is 7.01. The number of aliphatic imine (C=N–C) groups is 1. The predicted molar refractivity (Wildman–Crippen MR) is 121 cm³/mol. The van der Waals surface area contributed by atoms with Gasteiger partial charge in [-0.15, -0.1) is 17.0 Å². The summed E-state index contributed by atoms with van der Waals surface area (Å²) in [6.45, 7) is 14.0. The summed E-state index contributed by atoms with van der Waals surface area (Å²) in [4.78, 5) is 8.45. The van der Waals surface area contributed by atoms with E-state index in [0.717, 1.165) is 19.5 Å². The van der Waals surface area contributed by atoms with Crippen LogP contribution in [0.4, 0.5) is 0 Å². The van der Waals surface area contributed by atoms with Crippen molar-refractivity contribution in [1.82, 2.24) is 4.90 Å². The first-order valence-corrected chi connectivity index (χ1v) is 10.5. The number of thioether (sulfide) groups is 1. The van der Waals surface area contributed by atoms with Gasteiger partial charge in [0.05, 0.1) is 0 Å². The number of nitrogens with zero attached hydrogens (tertiary/aromatic N) is 2. The van der Waals surface area contributed by atoms with E-state index in [1.54, 1.807) is 11.1 Å². The number of rotatable bonds is 2. The van der Waals surface area contributed by atoms with Gasteiger partial charge in [-0.25, -0.2) is 0 Å². The number of halogens is 1. The maximum atomic E-state index is 4.72. The normalized spacial score (nSPS) is 22.7. The Labute approximate surface area is 173 Å². The Bertz CT molecular complexity index is 777. The van der Waals surface area contributed by atoms with E-state index in [1.807, 2.05) is 11.8 Å². The van der Waals surface area contributed by atoms with Crippen LogP contribution in [0.15, 0.2) is 23.3 Å². The van der Waals surface area contributed by atoms with E-state index < -0.39 is 0 Å². The van der Waals surface area contributed by atoms with E-state index in [9.17, 15) is 0 Å². The summed E-state index contributed by atoms with van der Waals surface area (Å²) in [5.74, 6) is 0. The van der Waals surface area contributed by atoms with Crippen LogP contribution in [0.25, 0.3) is 4.91 Å². The molecule has 0 aromatic heterocycles. The van der Waals surface area contributed by atoms with Gasteiger partial charge in [0.2, 0.25) is 0 Å². The van der Waals surface area contributed by atoms with Gasteiger partial charge < -0.3 is 4.90 Å². The number of hydrogen-bond acceptors (Lipinski definition) is 3. The lowest BCUT2D eigenvalue weighted by Gasteiger charge is -2.42. The van der Waals surface area contributed by atoms with Crippen molar-refractivity contribution >= 4 is 38.8 Å². The zero-order chi connectivity index (χ0) is 17.8. The van der Waals surface area contributed by atoms with Gasteiger partial charge in [0, 0.05) is 24.2 Å². The Hall–Kier alpha value is -0.740. The number of fused-ring (bicyclic) bond motifs is 2. The highest BCUT2D eigenvalue weighted by Gasteiger charge is 2.38. The van der Waals surface area contributed by atoms with Gasteiger partial charge in [-0.1, -0.05) is 40.7 Å². The molecule has 0 saturated carbocycles. The van der Waals surface area contributed by atoms with E-state index in [0.29, 0.717) is 0 Å². The molecule has 3 aliphatic rings.